The van der Waals surface area contributed by atoms with Crippen LogP contribution in [0.15, 0.2) is 30.3 Å². The number of aryl methyl sites for hydroxylation is 1. The molecule has 1 aliphatic heterocycles. The molecular formula is C16H22N2O3. The summed E-state index contributed by atoms with van der Waals surface area (Å²) < 4.78 is 0. The number of hydrogen-bond donors (Lipinski definition) is 2. The highest BCUT2D eigenvalue weighted by molar-refractivity contribution is 5.85. The Morgan fingerprint density at radius 3 is 2.71 bits per heavy atom. The second kappa shape index (κ2) is 7.67. The zero-order valence-corrected chi connectivity index (χ0v) is 12.1. The summed E-state index contributed by atoms with van der Waals surface area (Å²) in [5.41, 5.74) is 1.25. The molecule has 0 bridgehead atoms. The maximum atomic E-state index is 12.1. The molecule has 21 heavy (non-hydrogen) atoms. The smallest absolute Gasteiger partial charge is 0.407 e. The number of carboxylic acid groups (broad SMARTS) is 1. The molecule has 0 aromatic heterocycles. The van der Waals surface area contributed by atoms with E-state index in [-0.39, 0.29) is 5.91 Å². The van der Waals surface area contributed by atoms with Gasteiger partial charge in [0.05, 0.1) is 0 Å². The number of amides is 2. The third kappa shape index (κ3) is 4.48. The van der Waals surface area contributed by atoms with Crippen molar-refractivity contribution in [2.45, 2.75) is 38.1 Å². The normalized spacial score (nSPS) is 18.3. The topological polar surface area (TPSA) is 69.6 Å². The van der Waals surface area contributed by atoms with Crippen LogP contribution in [0.1, 0.15) is 31.2 Å². The Labute approximate surface area is 125 Å². The van der Waals surface area contributed by atoms with Gasteiger partial charge in [-0.05, 0) is 37.7 Å². The molecule has 2 rings (SSSR count). The summed E-state index contributed by atoms with van der Waals surface area (Å²) in [4.78, 5) is 24.5. The number of likely N-dealkylation sites (tertiary alicyclic amines) is 1. The van der Waals surface area contributed by atoms with Gasteiger partial charge in [-0.25, -0.2) is 4.79 Å². The molecule has 0 aliphatic carbocycles. The zero-order chi connectivity index (χ0) is 15.1. The van der Waals surface area contributed by atoms with Gasteiger partial charge in [-0.3, -0.25) is 9.69 Å². The van der Waals surface area contributed by atoms with Gasteiger partial charge in [-0.15, -0.1) is 0 Å². The average Bonchev–Trinajstić information content (AvgIpc) is 2.52. The first-order valence-electron chi connectivity index (χ1n) is 7.49. The minimum Gasteiger partial charge on any atom is -0.465 e. The first-order chi connectivity index (χ1) is 10.2. The highest BCUT2D eigenvalue weighted by Gasteiger charge is 2.31. The van der Waals surface area contributed by atoms with Gasteiger partial charge in [0.25, 0.3) is 0 Å². The van der Waals surface area contributed by atoms with Crippen molar-refractivity contribution < 1.29 is 14.7 Å². The van der Waals surface area contributed by atoms with Crippen LogP contribution in [0.5, 0.6) is 0 Å². The summed E-state index contributed by atoms with van der Waals surface area (Å²) in [5, 5.41) is 12.0. The maximum Gasteiger partial charge on any atom is 0.407 e. The Kier molecular flexibility index (Phi) is 5.60. The Morgan fingerprint density at radius 1 is 1.24 bits per heavy atom. The van der Waals surface area contributed by atoms with Gasteiger partial charge in [-0.1, -0.05) is 30.3 Å². The lowest BCUT2D eigenvalue weighted by molar-refractivity contribution is -0.126. The number of carbonyl (C=O) groups is 2. The van der Waals surface area contributed by atoms with Crippen LogP contribution in [-0.4, -0.2) is 41.1 Å². The molecule has 1 aliphatic rings. The number of rotatable bonds is 5. The highest BCUT2D eigenvalue weighted by Crippen LogP contribution is 2.17. The van der Waals surface area contributed by atoms with E-state index in [0.717, 1.165) is 25.7 Å². The number of hydrogen-bond acceptors (Lipinski definition) is 2. The minimum atomic E-state index is -1.00. The SMILES string of the molecule is O=C(NCCCc1ccccc1)[C@@H]1CCCCN1C(=O)O. The van der Waals surface area contributed by atoms with Crippen LogP contribution in [0.2, 0.25) is 0 Å². The van der Waals surface area contributed by atoms with Crippen molar-refractivity contribution in [3.63, 3.8) is 0 Å². The van der Waals surface area contributed by atoms with E-state index >= 15 is 0 Å². The van der Waals surface area contributed by atoms with Crippen molar-refractivity contribution in [3.8, 4) is 0 Å². The molecule has 0 unspecified atom stereocenters. The van der Waals surface area contributed by atoms with Gasteiger partial charge in [0.15, 0.2) is 0 Å². The second-order valence-corrected chi connectivity index (χ2v) is 5.37. The molecule has 0 radical (unpaired) electrons. The van der Waals surface area contributed by atoms with E-state index in [1.54, 1.807) is 0 Å². The molecule has 0 spiro atoms. The lowest BCUT2D eigenvalue weighted by Gasteiger charge is -2.32. The summed E-state index contributed by atoms with van der Waals surface area (Å²) in [7, 11) is 0. The average molecular weight is 290 g/mol. The van der Waals surface area contributed by atoms with Gasteiger partial charge in [0.2, 0.25) is 5.91 Å². The lowest BCUT2D eigenvalue weighted by atomic mass is 10.0. The van der Waals surface area contributed by atoms with Crippen molar-refractivity contribution in [2.24, 2.45) is 0 Å². The first-order valence-corrected chi connectivity index (χ1v) is 7.49. The molecule has 5 nitrogen and oxygen atoms in total. The van der Waals surface area contributed by atoms with Crippen molar-refractivity contribution in [1.82, 2.24) is 10.2 Å². The molecule has 2 N–H and O–H groups in total. The van der Waals surface area contributed by atoms with Crippen LogP contribution in [0.4, 0.5) is 4.79 Å². The third-order valence-electron chi connectivity index (χ3n) is 3.84. The van der Waals surface area contributed by atoms with Crippen LogP contribution in [0.25, 0.3) is 0 Å². The molecule has 114 valence electrons. The Bertz CT molecular complexity index is 476. The van der Waals surface area contributed by atoms with E-state index in [9.17, 15) is 9.59 Å². The van der Waals surface area contributed by atoms with E-state index in [4.69, 9.17) is 5.11 Å². The summed E-state index contributed by atoms with van der Waals surface area (Å²) in [6.45, 7) is 1.04. The number of benzene rings is 1. The van der Waals surface area contributed by atoms with Crippen molar-refractivity contribution in [3.05, 3.63) is 35.9 Å². The van der Waals surface area contributed by atoms with Gasteiger partial charge < -0.3 is 10.4 Å². The Morgan fingerprint density at radius 2 is 2.00 bits per heavy atom. The van der Waals surface area contributed by atoms with Gasteiger partial charge in [0, 0.05) is 13.1 Å². The number of nitrogens with zero attached hydrogens (tertiary/aromatic N) is 1. The molecule has 1 fully saturated rings. The van der Waals surface area contributed by atoms with Crippen LogP contribution in [-0.2, 0) is 11.2 Å². The molecule has 1 aromatic rings. The van der Waals surface area contributed by atoms with Crippen LogP contribution >= 0.6 is 0 Å². The predicted molar refractivity (Wildman–Crippen MR) is 80.1 cm³/mol. The van der Waals surface area contributed by atoms with Crippen molar-refractivity contribution >= 4 is 12.0 Å². The molecule has 2 amide bonds. The third-order valence-corrected chi connectivity index (χ3v) is 3.84. The second-order valence-electron chi connectivity index (χ2n) is 5.37. The minimum absolute atomic E-state index is 0.162. The summed E-state index contributed by atoms with van der Waals surface area (Å²) in [6.07, 6.45) is 3.13. The number of piperidine rings is 1. The van der Waals surface area contributed by atoms with E-state index in [1.165, 1.54) is 10.5 Å². The number of carbonyl (C=O) groups excluding carboxylic acids is 1. The maximum absolute atomic E-state index is 12.1. The van der Waals surface area contributed by atoms with Gasteiger partial charge in [-0.2, -0.15) is 0 Å². The standard InChI is InChI=1S/C16H22N2O3/c19-15(14-10-4-5-12-18(14)16(20)21)17-11-6-9-13-7-2-1-3-8-13/h1-3,7-8,14H,4-6,9-12H2,(H,17,19)(H,20,21)/t14-/m0/s1. The first kappa shape index (κ1) is 15.4. The zero-order valence-electron chi connectivity index (χ0n) is 12.1. The lowest BCUT2D eigenvalue weighted by Crippen LogP contribution is -2.51. The highest BCUT2D eigenvalue weighted by atomic mass is 16.4. The summed E-state index contributed by atoms with van der Waals surface area (Å²) in [5.74, 6) is -0.162. The fourth-order valence-corrected chi connectivity index (χ4v) is 2.70. The van der Waals surface area contributed by atoms with Gasteiger partial charge in [0.1, 0.15) is 6.04 Å². The predicted octanol–water partition coefficient (Wildman–Crippen LogP) is 2.27. The van der Waals surface area contributed by atoms with E-state index < -0.39 is 12.1 Å². The molecule has 1 aromatic carbocycles. The molecule has 1 saturated heterocycles. The van der Waals surface area contributed by atoms with Crippen molar-refractivity contribution in [2.75, 3.05) is 13.1 Å². The molecule has 1 atom stereocenters. The van der Waals surface area contributed by atoms with Crippen LogP contribution in [0, 0.1) is 0 Å². The number of nitrogens with one attached hydrogen (secondary N) is 1. The molecule has 0 saturated carbocycles. The fourth-order valence-electron chi connectivity index (χ4n) is 2.70. The summed E-state index contributed by atoms with van der Waals surface area (Å²) >= 11 is 0. The Balaban J connectivity index is 1.74. The monoisotopic (exact) mass is 290 g/mol. The van der Waals surface area contributed by atoms with E-state index in [0.29, 0.717) is 19.5 Å². The largest absolute Gasteiger partial charge is 0.465 e. The summed E-state index contributed by atoms with van der Waals surface area (Å²) in [6, 6.07) is 9.59. The van der Waals surface area contributed by atoms with Gasteiger partial charge >= 0.3 is 6.09 Å². The van der Waals surface area contributed by atoms with E-state index in [2.05, 4.69) is 17.4 Å². The quantitative estimate of drug-likeness (QED) is 0.817. The van der Waals surface area contributed by atoms with Crippen molar-refractivity contribution in [1.29, 1.82) is 0 Å². The van der Waals surface area contributed by atoms with E-state index in [1.807, 2.05) is 18.2 Å². The fraction of sp³-hybridized carbons (Fsp3) is 0.500. The van der Waals surface area contributed by atoms with Crippen LogP contribution < -0.4 is 5.32 Å². The Hall–Kier alpha value is -2.04. The van der Waals surface area contributed by atoms with Crippen LogP contribution in [0.3, 0.4) is 0 Å². The molecule has 1 heterocycles. The molecule has 5 heteroatoms. The molecular weight excluding hydrogens is 268 g/mol.